The molecule has 82 valence electrons. The third kappa shape index (κ3) is 3.03. The molecule has 0 bridgehead atoms. The van der Waals surface area contributed by atoms with Crippen LogP contribution in [0, 0.1) is 6.92 Å². The van der Waals surface area contributed by atoms with E-state index in [4.69, 9.17) is 11.6 Å². The Labute approximate surface area is 113 Å². The minimum Gasteiger partial charge on any atom is -0.0898 e. The maximum Gasteiger partial charge on any atom is 0.0406 e. The monoisotopic (exact) mass is 312 g/mol. The normalized spacial score (nSPS) is 10.4. The lowest BCUT2D eigenvalue weighted by molar-refractivity contribution is 1.28. The molecule has 2 aromatic rings. The van der Waals surface area contributed by atoms with Gasteiger partial charge in [0, 0.05) is 19.3 Å². The molecule has 0 nitrogen and oxygen atoms in total. The van der Waals surface area contributed by atoms with Crippen molar-refractivity contribution in [3.8, 4) is 0 Å². The molecule has 0 fully saturated rings. The molecule has 0 aliphatic heterocycles. The van der Waals surface area contributed by atoms with Crippen molar-refractivity contribution in [2.75, 3.05) is 0 Å². The molecule has 0 spiro atoms. The van der Waals surface area contributed by atoms with Gasteiger partial charge in [-0.1, -0.05) is 39.3 Å². The Morgan fingerprint density at radius 3 is 2.38 bits per heavy atom. The molecule has 0 aromatic heterocycles. The summed E-state index contributed by atoms with van der Waals surface area (Å²) < 4.78 is 1.12. The third-order valence-electron chi connectivity index (χ3n) is 2.18. The van der Waals surface area contributed by atoms with Crippen molar-refractivity contribution in [1.29, 1.82) is 0 Å². The predicted octanol–water partition coefficient (Wildman–Crippen LogP) is 5.56. The van der Waals surface area contributed by atoms with Gasteiger partial charge in [-0.2, -0.15) is 0 Å². The summed E-state index contributed by atoms with van der Waals surface area (Å²) in [6.45, 7) is 2.11. The van der Waals surface area contributed by atoms with Gasteiger partial charge in [0.1, 0.15) is 0 Å². The van der Waals surface area contributed by atoms with Gasteiger partial charge >= 0.3 is 0 Å². The molecular weight excluding hydrogens is 304 g/mol. The SMILES string of the molecule is Cc1cc(Br)ccc1Sc1ccc(Cl)cc1. The van der Waals surface area contributed by atoms with Gasteiger partial charge < -0.3 is 0 Å². The summed E-state index contributed by atoms with van der Waals surface area (Å²) in [6.07, 6.45) is 0. The lowest BCUT2D eigenvalue weighted by Crippen LogP contribution is -1.79. The Morgan fingerprint density at radius 2 is 1.75 bits per heavy atom. The maximum absolute atomic E-state index is 5.85. The van der Waals surface area contributed by atoms with Gasteiger partial charge in [0.15, 0.2) is 0 Å². The van der Waals surface area contributed by atoms with E-state index in [1.165, 1.54) is 15.4 Å². The zero-order valence-corrected chi connectivity index (χ0v) is 11.9. The number of rotatable bonds is 2. The first-order chi connectivity index (χ1) is 7.65. The summed E-state index contributed by atoms with van der Waals surface area (Å²) in [5.41, 5.74) is 1.27. The van der Waals surface area contributed by atoms with E-state index in [1.54, 1.807) is 11.8 Å². The van der Waals surface area contributed by atoms with Crippen molar-refractivity contribution in [2.45, 2.75) is 16.7 Å². The first-order valence-corrected chi connectivity index (χ1v) is 6.83. The van der Waals surface area contributed by atoms with Crippen LogP contribution >= 0.6 is 39.3 Å². The fraction of sp³-hybridized carbons (Fsp3) is 0.0769. The minimum atomic E-state index is 0.775. The van der Waals surface area contributed by atoms with E-state index in [0.717, 1.165) is 9.50 Å². The quantitative estimate of drug-likeness (QED) is 0.699. The largest absolute Gasteiger partial charge is 0.0898 e. The van der Waals surface area contributed by atoms with Crippen LogP contribution in [-0.2, 0) is 0 Å². The molecular formula is C13H10BrClS. The van der Waals surface area contributed by atoms with Gasteiger partial charge in [0.2, 0.25) is 0 Å². The van der Waals surface area contributed by atoms with Gasteiger partial charge in [-0.25, -0.2) is 0 Å². The van der Waals surface area contributed by atoms with E-state index < -0.39 is 0 Å². The van der Waals surface area contributed by atoms with Gasteiger partial charge in [-0.05, 0) is 55.0 Å². The Balaban J connectivity index is 2.23. The van der Waals surface area contributed by atoms with Crippen LogP contribution in [0.5, 0.6) is 0 Å². The third-order valence-corrected chi connectivity index (χ3v) is 4.11. The van der Waals surface area contributed by atoms with E-state index >= 15 is 0 Å². The number of benzene rings is 2. The van der Waals surface area contributed by atoms with Crippen LogP contribution in [0.3, 0.4) is 0 Å². The average Bonchev–Trinajstić information content (AvgIpc) is 2.25. The molecule has 0 saturated carbocycles. The number of hydrogen-bond acceptors (Lipinski definition) is 1. The molecule has 3 heteroatoms. The van der Waals surface area contributed by atoms with Gasteiger partial charge in [-0.15, -0.1) is 0 Å². The summed E-state index contributed by atoms with van der Waals surface area (Å²) in [5.74, 6) is 0. The van der Waals surface area contributed by atoms with Crippen molar-refractivity contribution < 1.29 is 0 Å². The van der Waals surface area contributed by atoms with Crippen molar-refractivity contribution in [3.05, 3.63) is 57.5 Å². The average molecular weight is 314 g/mol. The van der Waals surface area contributed by atoms with E-state index in [2.05, 4.69) is 41.1 Å². The van der Waals surface area contributed by atoms with Crippen LogP contribution in [0.25, 0.3) is 0 Å². The molecule has 0 aliphatic rings. The van der Waals surface area contributed by atoms with Crippen molar-refractivity contribution in [1.82, 2.24) is 0 Å². The minimum absolute atomic E-state index is 0.775. The van der Waals surface area contributed by atoms with Crippen LogP contribution in [0.4, 0.5) is 0 Å². The molecule has 0 unspecified atom stereocenters. The molecule has 16 heavy (non-hydrogen) atoms. The maximum atomic E-state index is 5.85. The standard InChI is InChI=1S/C13H10BrClS/c1-9-8-10(14)2-7-13(9)16-12-5-3-11(15)4-6-12/h2-8H,1H3. The second-order valence-corrected chi connectivity index (χ2v) is 5.93. The molecule has 2 aromatic carbocycles. The van der Waals surface area contributed by atoms with Crippen LogP contribution in [0.15, 0.2) is 56.7 Å². The van der Waals surface area contributed by atoms with E-state index in [0.29, 0.717) is 0 Å². The first kappa shape index (κ1) is 12.0. The molecule has 0 aliphatic carbocycles. The lowest BCUT2D eigenvalue weighted by Gasteiger charge is -2.05. The molecule has 0 heterocycles. The Bertz CT molecular complexity index is 494. The van der Waals surface area contributed by atoms with Gasteiger partial charge in [0.05, 0.1) is 0 Å². The highest BCUT2D eigenvalue weighted by Crippen LogP contribution is 2.32. The molecule has 0 N–H and O–H groups in total. The summed E-state index contributed by atoms with van der Waals surface area (Å²) in [6, 6.07) is 14.2. The van der Waals surface area contributed by atoms with Crippen LogP contribution in [0.1, 0.15) is 5.56 Å². The summed E-state index contributed by atoms with van der Waals surface area (Å²) in [7, 11) is 0. The molecule has 0 atom stereocenters. The van der Waals surface area contributed by atoms with Crippen LogP contribution in [0.2, 0.25) is 5.02 Å². The molecule has 0 saturated heterocycles. The smallest absolute Gasteiger partial charge is 0.0406 e. The zero-order chi connectivity index (χ0) is 11.5. The second kappa shape index (κ2) is 5.26. The summed E-state index contributed by atoms with van der Waals surface area (Å²) in [4.78, 5) is 2.47. The van der Waals surface area contributed by atoms with Gasteiger partial charge in [0.25, 0.3) is 0 Å². The summed E-state index contributed by atoms with van der Waals surface area (Å²) in [5, 5.41) is 0.775. The van der Waals surface area contributed by atoms with Crippen molar-refractivity contribution >= 4 is 39.3 Å². The van der Waals surface area contributed by atoms with Crippen molar-refractivity contribution in [3.63, 3.8) is 0 Å². The highest BCUT2D eigenvalue weighted by molar-refractivity contribution is 9.10. The molecule has 0 radical (unpaired) electrons. The highest BCUT2D eigenvalue weighted by atomic mass is 79.9. The van der Waals surface area contributed by atoms with Crippen LogP contribution in [-0.4, -0.2) is 0 Å². The Morgan fingerprint density at radius 1 is 1.06 bits per heavy atom. The van der Waals surface area contributed by atoms with E-state index in [-0.39, 0.29) is 0 Å². The topological polar surface area (TPSA) is 0 Å². The lowest BCUT2D eigenvalue weighted by atomic mass is 10.2. The number of halogens is 2. The fourth-order valence-corrected chi connectivity index (χ4v) is 2.84. The Hall–Kier alpha value is -0.440. The van der Waals surface area contributed by atoms with E-state index in [1.807, 2.05) is 24.3 Å². The van der Waals surface area contributed by atoms with E-state index in [9.17, 15) is 0 Å². The molecule has 2 rings (SSSR count). The molecule has 0 amide bonds. The zero-order valence-electron chi connectivity index (χ0n) is 8.71. The predicted molar refractivity (Wildman–Crippen MR) is 74.5 cm³/mol. The highest BCUT2D eigenvalue weighted by Gasteiger charge is 2.01. The number of hydrogen-bond donors (Lipinski definition) is 0. The number of aryl methyl sites for hydroxylation is 1. The fourth-order valence-electron chi connectivity index (χ4n) is 1.36. The Kier molecular flexibility index (Phi) is 3.95. The van der Waals surface area contributed by atoms with Crippen molar-refractivity contribution in [2.24, 2.45) is 0 Å². The summed E-state index contributed by atoms with van der Waals surface area (Å²) >= 11 is 11.1. The second-order valence-electron chi connectivity index (χ2n) is 3.47. The first-order valence-electron chi connectivity index (χ1n) is 4.85. The van der Waals surface area contributed by atoms with Gasteiger partial charge in [-0.3, -0.25) is 0 Å². The van der Waals surface area contributed by atoms with Crippen LogP contribution < -0.4 is 0 Å².